The maximum absolute atomic E-state index is 11.4. The van der Waals surface area contributed by atoms with Gasteiger partial charge in [0.1, 0.15) is 6.61 Å². The van der Waals surface area contributed by atoms with Crippen molar-refractivity contribution < 1.29 is 14.6 Å². The molecule has 16 heavy (non-hydrogen) atoms. The predicted molar refractivity (Wildman–Crippen MR) is 60.9 cm³/mol. The Hall–Kier alpha value is -1.39. The van der Waals surface area contributed by atoms with Crippen LogP contribution in [0.25, 0.3) is 0 Å². The first-order valence-corrected chi connectivity index (χ1v) is 5.30. The maximum atomic E-state index is 11.4. The Balaban J connectivity index is 2.52. The van der Waals surface area contributed by atoms with Gasteiger partial charge in [-0.3, -0.25) is 4.79 Å². The molecule has 0 bridgehead atoms. The molecule has 0 saturated carbocycles. The molecule has 0 aliphatic heterocycles. The number of aliphatic hydroxyl groups excluding tert-OH is 1. The molecule has 88 valence electrons. The van der Waals surface area contributed by atoms with E-state index >= 15 is 0 Å². The lowest BCUT2D eigenvalue weighted by Gasteiger charge is -2.16. The van der Waals surface area contributed by atoms with Gasteiger partial charge >= 0.3 is 0 Å². The molecular formula is C12H17NO3. The van der Waals surface area contributed by atoms with Crippen LogP contribution in [0.3, 0.4) is 0 Å². The Labute approximate surface area is 95.2 Å². The highest BCUT2D eigenvalue weighted by molar-refractivity contribution is 5.77. The molecular weight excluding hydrogens is 206 g/mol. The molecule has 0 aliphatic rings. The van der Waals surface area contributed by atoms with Crippen LogP contribution >= 0.6 is 0 Å². The van der Waals surface area contributed by atoms with Gasteiger partial charge in [-0.25, -0.2) is 0 Å². The summed E-state index contributed by atoms with van der Waals surface area (Å²) in [5.74, 6) is -0.218. The Morgan fingerprint density at radius 3 is 2.69 bits per heavy atom. The molecule has 1 aromatic rings. The largest absolute Gasteiger partial charge is 0.394 e. The van der Waals surface area contributed by atoms with Crippen LogP contribution in [0.1, 0.15) is 18.5 Å². The molecule has 0 saturated heterocycles. The van der Waals surface area contributed by atoms with Crippen molar-refractivity contribution in [2.45, 2.75) is 13.0 Å². The first-order valence-electron chi connectivity index (χ1n) is 5.30. The van der Waals surface area contributed by atoms with Gasteiger partial charge in [-0.15, -0.1) is 0 Å². The normalized spacial score (nSPS) is 12.1. The van der Waals surface area contributed by atoms with Crippen LogP contribution in [0.15, 0.2) is 30.3 Å². The summed E-state index contributed by atoms with van der Waals surface area (Å²) in [5, 5.41) is 11.9. The number of nitrogens with one attached hydrogen (secondary N) is 1. The highest BCUT2D eigenvalue weighted by Crippen LogP contribution is 2.11. The first-order chi connectivity index (χ1) is 7.77. The third-order valence-electron chi connectivity index (χ3n) is 2.16. The molecule has 0 spiro atoms. The maximum Gasteiger partial charge on any atom is 0.246 e. The van der Waals surface area contributed by atoms with Crippen LogP contribution in [0, 0.1) is 0 Å². The molecule has 4 nitrogen and oxygen atoms in total. The monoisotopic (exact) mass is 223 g/mol. The van der Waals surface area contributed by atoms with Crippen molar-refractivity contribution in [1.82, 2.24) is 5.32 Å². The SMILES string of the molecule is CCOCC(=O)N[C@H](CO)c1ccccc1. The second kappa shape index (κ2) is 6.98. The minimum atomic E-state index is -0.367. The van der Waals surface area contributed by atoms with Gasteiger partial charge in [0.2, 0.25) is 5.91 Å². The second-order valence-corrected chi connectivity index (χ2v) is 3.35. The molecule has 0 fully saturated rings. The lowest BCUT2D eigenvalue weighted by Crippen LogP contribution is -2.33. The van der Waals surface area contributed by atoms with E-state index < -0.39 is 0 Å². The number of rotatable bonds is 6. The molecule has 0 aromatic heterocycles. The van der Waals surface area contributed by atoms with Crippen LogP contribution in [-0.2, 0) is 9.53 Å². The third kappa shape index (κ3) is 4.00. The van der Waals surface area contributed by atoms with Crippen molar-refractivity contribution in [2.75, 3.05) is 19.8 Å². The van der Waals surface area contributed by atoms with Gasteiger partial charge in [0.05, 0.1) is 12.6 Å². The standard InChI is InChI=1S/C12H17NO3/c1-2-16-9-12(15)13-11(8-14)10-6-4-3-5-7-10/h3-7,11,14H,2,8-9H2,1H3,(H,13,15)/t11-/m1/s1. The van der Waals surface area contributed by atoms with E-state index in [0.717, 1.165) is 5.56 Å². The summed E-state index contributed by atoms with van der Waals surface area (Å²) in [5.41, 5.74) is 0.884. The van der Waals surface area contributed by atoms with Crippen LogP contribution in [0.2, 0.25) is 0 Å². The van der Waals surface area contributed by atoms with Crippen molar-refractivity contribution in [3.63, 3.8) is 0 Å². The van der Waals surface area contributed by atoms with Gasteiger partial charge < -0.3 is 15.2 Å². The van der Waals surface area contributed by atoms with Crippen molar-refractivity contribution in [3.8, 4) is 0 Å². The number of carbonyl (C=O) groups excluding carboxylic acids is 1. The molecule has 1 rings (SSSR count). The fraction of sp³-hybridized carbons (Fsp3) is 0.417. The van der Waals surface area contributed by atoms with E-state index in [-0.39, 0.29) is 25.2 Å². The van der Waals surface area contributed by atoms with E-state index in [1.165, 1.54) is 0 Å². The van der Waals surface area contributed by atoms with Gasteiger partial charge in [0.15, 0.2) is 0 Å². The van der Waals surface area contributed by atoms with Crippen molar-refractivity contribution in [3.05, 3.63) is 35.9 Å². The van der Waals surface area contributed by atoms with Crippen molar-refractivity contribution in [1.29, 1.82) is 0 Å². The van der Waals surface area contributed by atoms with E-state index in [1.807, 2.05) is 37.3 Å². The fourth-order valence-corrected chi connectivity index (χ4v) is 1.35. The summed E-state index contributed by atoms with van der Waals surface area (Å²) in [6.07, 6.45) is 0. The number of hydrogen-bond donors (Lipinski definition) is 2. The number of carbonyl (C=O) groups is 1. The fourth-order valence-electron chi connectivity index (χ4n) is 1.35. The van der Waals surface area contributed by atoms with Gasteiger partial charge in [-0.1, -0.05) is 30.3 Å². The zero-order valence-electron chi connectivity index (χ0n) is 9.35. The van der Waals surface area contributed by atoms with E-state index in [0.29, 0.717) is 6.61 Å². The van der Waals surface area contributed by atoms with Gasteiger partial charge in [-0.05, 0) is 12.5 Å². The summed E-state index contributed by atoms with van der Waals surface area (Å²) < 4.78 is 4.98. The smallest absolute Gasteiger partial charge is 0.246 e. The van der Waals surface area contributed by atoms with Crippen LogP contribution < -0.4 is 5.32 Å². The molecule has 1 atom stereocenters. The predicted octanol–water partition coefficient (Wildman–Crippen LogP) is 0.873. The van der Waals surface area contributed by atoms with Crippen LogP contribution in [-0.4, -0.2) is 30.8 Å². The number of ether oxygens (including phenoxy) is 1. The number of benzene rings is 1. The van der Waals surface area contributed by atoms with E-state index in [1.54, 1.807) is 0 Å². The van der Waals surface area contributed by atoms with Crippen molar-refractivity contribution >= 4 is 5.91 Å². The van der Waals surface area contributed by atoms with E-state index in [9.17, 15) is 9.90 Å². The van der Waals surface area contributed by atoms with Crippen molar-refractivity contribution in [2.24, 2.45) is 0 Å². The topological polar surface area (TPSA) is 58.6 Å². The van der Waals surface area contributed by atoms with Gasteiger partial charge in [0, 0.05) is 6.61 Å². The Bertz CT molecular complexity index is 313. The Kier molecular flexibility index (Phi) is 5.53. The molecule has 0 radical (unpaired) electrons. The summed E-state index contributed by atoms with van der Waals surface area (Å²) in [6, 6.07) is 8.98. The van der Waals surface area contributed by atoms with Crippen LogP contribution in [0.4, 0.5) is 0 Å². The lowest BCUT2D eigenvalue weighted by molar-refractivity contribution is -0.126. The lowest BCUT2D eigenvalue weighted by atomic mass is 10.1. The highest BCUT2D eigenvalue weighted by atomic mass is 16.5. The highest BCUT2D eigenvalue weighted by Gasteiger charge is 2.12. The quantitative estimate of drug-likeness (QED) is 0.752. The minimum Gasteiger partial charge on any atom is -0.394 e. The molecule has 4 heteroatoms. The molecule has 1 aromatic carbocycles. The van der Waals surface area contributed by atoms with Gasteiger partial charge in [-0.2, -0.15) is 0 Å². The van der Waals surface area contributed by atoms with E-state index in [2.05, 4.69) is 5.32 Å². The molecule has 0 heterocycles. The summed E-state index contributed by atoms with van der Waals surface area (Å²) in [4.78, 5) is 11.4. The minimum absolute atomic E-state index is 0.0276. The van der Waals surface area contributed by atoms with Crippen LogP contribution in [0.5, 0.6) is 0 Å². The Morgan fingerprint density at radius 1 is 1.44 bits per heavy atom. The summed E-state index contributed by atoms with van der Waals surface area (Å²) in [7, 11) is 0. The number of amides is 1. The number of aliphatic hydroxyl groups is 1. The molecule has 2 N–H and O–H groups in total. The Morgan fingerprint density at radius 2 is 2.12 bits per heavy atom. The summed E-state index contributed by atoms with van der Waals surface area (Å²) >= 11 is 0. The molecule has 0 unspecified atom stereocenters. The third-order valence-corrected chi connectivity index (χ3v) is 2.16. The zero-order chi connectivity index (χ0) is 11.8. The number of hydrogen-bond acceptors (Lipinski definition) is 3. The summed E-state index contributed by atoms with van der Waals surface area (Å²) in [6.45, 7) is 2.23. The second-order valence-electron chi connectivity index (χ2n) is 3.35. The molecule has 1 amide bonds. The first kappa shape index (κ1) is 12.7. The average molecular weight is 223 g/mol. The zero-order valence-corrected chi connectivity index (χ0v) is 9.35. The average Bonchev–Trinajstić information content (AvgIpc) is 2.34. The van der Waals surface area contributed by atoms with E-state index in [4.69, 9.17) is 4.74 Å². The van der Waals surface area contributed by atoms with Gasteiger partial charge in [0.25, 0.3) is 0 Å². The molecule has 0 aliphatic carbocycles.